The number of ether oxygens (including phenoxy) is 1. The Morgan fingerprint density at radius 2 is 2.00 bits per heavy atom. The monoisotopic (exact) mass is 439 g/mol. The number of rotatable bonds is 5. The number of benzene rings is 2. The molecule has 30 heavy (non-hydrogen) atoms. The SMILES string of the molecule is CCOC(=O)c1cnc2cc(C(F)(F)F)ccc2c1Nc1cc([N+](=O)[O-])ccc1Cl. The van der Waals surface area contributed by atoms with Crippen LogP contribution in [0.5, 0.6) is 0 Å². The summed E-state index contributed by atoms with van der Waals surface area (Å²) in [6, 6.07) is 6.47. The standard InChI is InChI=1S/C19H13ClF3N3O4/c1-2-30-18(27)13-9-24-15-7-10(19(21,22)23)3-5-12(15)17(13)25-16-8-11(26(28)29)4-6-14(16)20/h3-9H,2H2,1H3,(H,24,25). The van der Waals surface area contributed by atoms with Crippen molar-refractivity contribution >= 4 is 45.5 Å². The fraction of sp³-hybridized carbons (Fsp3) is 0.158. The highest BCUT2D eigenvalue weighted by Gasteiger charge is 2.31. The molecule has 7 nitrogen and oxygen atoms in total. The smallest absolute Gasteiger partial charge is 0.416 e. The number of nitro groups is 1. The lowest BCUT2D eigenvalue weighted by Gasteiger charge is -2.16. The first-order chi connectivity index (χ1) is 14.1. The number of halogens is 4. The van der Waals surface area contributed by atoms with Gasteiger partial charge in [0.25, 0.3) is 5.69 Å². The number of nitrogens with one attached hydrogen (secondary N) is 1. The van der Waals surface area contributed by atoms with E-state index in [-0.39, 0.29) is 45.2 Å². The molecule has 0 amide bonds. The highest BCUT2D eigenvalue weighted by molar-refractivity contribution is 6.33. The van der Waals surface area contributed by atoms with Crippen LogP contribution in [0.25, 0.3) is 10.9 Å². The number of anilines is 2. The highest BCUT2D eigenvalue weighted by atomic mass is 35.5. The number of hydrogen-bond donors (Lipinski definition) is 1. The van der Waals surface area contributed by atoms with Crippen molar-refractivity contribution in [3.8, 4) is 0 Å². The van der Waals surface area contributed by atoms with Gasteiger partial charge in [-0.05, 0) is 25.1 Å². The quantitative estimate of drug-likeness (QED) is 0.309. The molecule has 3 aromatic rings. The summed E-state index contributed by atoms with van der Waals surface area (Å²) in [7, 11) is 0. The Balaban J connectivity index is 2.21. The number of nitrogens with zero attached hydrogens (tertiary/aromatic N) is 2. The predicted molar refractivity (Wildman–Crippen MR) is 104 cm³/mol. The van der Waals surface area contributed by atoms with Crippen LogP contribution in [0.15, 0.2) is 42.6 Å². The Kier molecular flexibility index (Phi) is 5.79. The minimum Gasteiger partial charge on any atom is -0.462 e. The second kappa shape index (κ2) is 8.15. The van der Waals surface area contributed by atoms with E-state index in [4.69, 9.17) is 16.3 Å². The van der Waals surface area contributed by atoms with Crippen molar-refractivity contribution in [1.82, 2.24) is 4.98 Å². The molecule has 0 aliphatic heterocycles. The Bertz CT molecular complexity index is 1150. The van der Waals surface area contributed by atoms with Crippen LogP contribution in [0.4, 0.5) is 30.2 Å². The molecular weight excluding hydrogens is 427 g/mol. The minimum absolute atomic E-state index is 0.0399. The summed E-state index contributed by atoms with van der Waals surface area (Å²) < 4.78 is 44.1. The van der Waals surface area contributed by atoms with Gasteiger partial charge in [0.15, 0.2) is 0 Å². The number of aromatic nitrogens is 1. The maximum absolute atomic E-state index is 13.0. The number of carbonyl (C=O) groups excluding carboxylic acids is 1. The van der Waals surface area contributed by atoms with E-state index in [9.17, 15) is 28.1 Å². The normalized spacial score (nSPS) is 11.4. The zero-order valence-electron chi connectivity index (χ0n) is 15.3. The summed E-state index contributed by atoms with van der Waals surface area (Å²) in [4.78, 5) is 26.7. The summed E-state index contributed by atoms with van der Waals surface area (Å²) >= 11 is 6.11. The molecule has 0 bridgehead atoms. The Morgan fingerprint density at radius 3 is 2.63 bits per heavy atom. The van der Waals surface area contributed by atoms with Gasteiger partial charge in [0.05, 0.1) is 39.0 Å². The zero-order valence-corrected chi connectivity index (χ0v) is 16.0. The zero-order chi connectivity index (χ0) is 22.1. The van der Waals surface area contributed by atoms with Gasteiger partial charge in [0, 0.05) is 23.7 Å². The van der Waals surface area contributed by atoms with Gasteiger partial charge in [0.2, 0.25) is 0 Å². The molecule has 0 atom stereocenters. The van der Waals surface area contributed by atoms with Crippen LogP contribution in [0.1, 0.15) is 22.8 Å². The lowest BCUT2D eigenvalue weighted by Crippen LogP contribution is -2.10. The summed E-state index contributed by atoms with van der Waals surface area (Å²) in [6.45, 7) is 1.65. The summed E-state index contributed by atoms with van der Waals surface area (Å²) in [6.07, 6.45) is -3.50. The van der Waals surface area contributed by atoms with Crippen LogP contribution in [-0.2, 0) is 10.9 Å². The third-order valence-corrected chi connectivity index (χ3v) is 4.44. The van der Waals surface area contributed by atoms with E-state index in [1.54, 1.807) is 6.92 Å². The largest absolute Gasteiger partial charge is 0.462 e. The predicted octanol–water partition coefficient (Wildman–Crippen LogP) is 5.74. The fourth-order valence-corrected chi connectivity index (χ4v) is 2.89. The lowest BCUT2D eigenvalue weighted by atomic mass is 10.1. The van der Waals surface area contributed by atoms with Gasteiger partial charge in [-0.2, -0.15) is 13.2 Å². The lowest BCUT2D eigenvalue weighted by molar-refractivity contribution is -0.384. The van der Waals surface area contributed by atoms with Crippen LogP contribution >= 0.6 is 11.6 Å². The molecule has 1 aromatic heterocycles. The number of nitro benzene ring substituents is 1. The number of esters is 1. The third-order valence-electron chi connectivity index (χ3n) is 4.11. The molecule has 0 saturated carbocycles. The Labute approximate surface area is 172 Å². The van der Waals surface area contributed by atoms with E-state index in [1.165, 1.54) is 12.1 Å². The molecule has 0 radical (unpaired) electrons. The van der Waals surface area contributed by atoms with E-state index >= 15 is 0 Å². The van der Waals surface area contributed by atoms with Crippen molar-refractivity contribution < 1.29 is 27.6 Å². The molecule has 0 aliphatic rings. The molecule has 2 aromatic carbocycles. The van der Waals surface area contributed by atoms with Crippen molar-refractivity contribution in [2.45, 2.75) is 13.1 Å². The Morgan fingerprint density at radius 1 is 1.27 bits per heavy atom. The maximum Gasteiger partial charge on any atom is 0.416 e. The molecule has 0 saturated heterocycles. The van der Waals surface area contributed by atoms with Crippen molar-refractivity contribution in [3.63, 3.8) is 0 Å². The molecule has 0 aliphatic carbocycles. The Hall–Kier alpha value is -3.40. The molecule has 3 rings (SSSR count). The first kappa shape index (κ1) is 21.3. The van der Waals surface area contributed by atoms with E-state index in [0.29, 0.717) is 0 Å². The van der Waals surface area contributed by atoms with Gasteiger partial charge in [-0.15, -0.1) is 0 Å². The van der Waals surface area contributed by atoms with Crippen LogP contribution in [0, 0.1) is 10.1 Å². The first-order valence-corrected chi connectivity index (χ1v) is 8.87. The molecule has 156 valence electrons. The first-order valence-electron chi connectivity index (χ1n) is 8.50. The molecular formula is C19H13ClF3N3O4. The number of hydrogen-bond acceptors (Lipinski definition) is 6. The second-order valence-electron chi connectivity index (χ2n) is 6.04. The van der Waals surface area contributed by atoms with E-state index < -0.39 is 22.6 Å². The molecule has 0 unspecified atom stereocenters. The molecule has 1 N–H and O–H groups in total. The highest BCUT2D eigenvalue weighted by Crippen LogP contribution is 2.37. The van der Waals surface area contributed by atoms with Crippen LogP contribution < -0.4 is 5.32 Å². The van der Waals surface area contributed by atoms with E-state index in [0.717, 1.165) is 30.5 Å². The molecule has 1 heterocycles. The number of fused-ring (bicyclic) bond motifs is 1. The third kappa shape index (κ3) is 4.28. The summed E-state index contributed by atoms with van der Waals surface area (Å²) in [5, 5.41) is 14.2. The number of alkyl halides is 3. The molecule has 11 heteroatoms. The minimum atomic E-state index is -4.58. The second-order valence-corrected chi connectivity index (χ2v) is 6.45. The average molecular weight is 440 g/mol. The van der Waals surface area contributed by atoms with Gasteiger partial charge in [0.1, 0.15) is 5.56 Å². The van der Waals surface area contributed by atoms with Crippen LogP contribution in [-0.4, -0.2) is 22.5 Å². The van der Waals surface area contributed by atoms with Crippen molar-refractivity contribution in [2.75, 3.05) is 11.9 Å². The van der Waals surface area contributed by atoms with Gasteiger partial charge < -0.3 is 10.1 Å². The van der Waals surface area contributed by atoms with E-state index in [1.807, 2.05) is 0 Å². The van der Waals surface area contributed by atoms with Crippen LogP contribution in [0.3, 0.4) is 0 Å². The van der Waals surface area contributed by atoms with Crippen molar-refractivity contribution in [3.05, 3.63) is 68.9 Å². The number of carbonyl (C=O) groups is 1. The fourth-order valence-electron chi connectivity index (χ4n) is 2.73. The summed E-state index contributed by atoms with van der Waals surface area (Å²) in [5.74, 6) is -0.768. The molecule has 0 spiro atoms. The maximum atomic E-state index is 13.0. The number of pyridine rings is 1. The van der Waals surface area contributed by atoms with Gasteiger partial charge in [-0.3, -0.25) is 15.1 Å². The summed E-state index contributed by atoms with van der Waals surface area (Å²) in [5.41, 5.74) is -1.13. The van der Waals surface area contributed by atoms with Gasteiger partial charge in [-0.25, -0.2) is 4.79 Å². The van der Waals surface area contributed by atoms with Gasteiger partial charge >= 0.3 is 12.1 Å². The average Bonchev–Trinajstić information content (AvgIpc) is 2.68. The van der Waals surface area contributed by atoms with Crippen molar-refractivity contribution in [1.29, 1.82) is 0 Å². The van der Waals surface area contributed by atoms with E-state index in [2.05, 4.69) is 10.3 Å². The van der Waals surface area contributed by atoms with Crippen LogP contribution in [0.2, 0.25) is 5.02 Å². The van der Waals surface area contributed by atoms with Crippen molar-refractivity contribution in [2.24, 2.45) is 0 Å². The number of non-ortho nitro benzene ring substituents is 1. The van der Waals surface area contributed by atoms with Gasteiger partial charge in [-0.1, -0.05) is 17.7 Å². The molecule has 0 fully saturated rings. The topological polar surface area (TPSA) is 94.4 Å².